The number of nitrogens with two attached hydrogens (primary N) is 1. The molecule has 2 nitrogen and oxygen atoms in total. The molecule has 2 aromatic rings. The Morgan fingerprint density at radius 2 is 2.00 bits per heavy atom. The third-order valence-electron chi connectivity index (χ3n) is 2.85. The second kappa shape index (κ2) is 6.52. The topological polar surface area (TPSA) is 38.0 Å². The van der Waals surface area contributed by atoms with Crippen molar-refractivity contribution in [3.63, 3.8) is 0 Å². The molecule has 2 aromatic carbocycles. The van der Waals surface area contributed by atoms with Crippen LogP contribution in [-0.2, 0) is 0 Å². The molecule has 0 aliphatic heterocycles. The number of hydrogen-bond acceptors (Lipinski definition) is 2. The second-order valence-electron chi connectivity index (χ2n) is 4.20. The summed E-state index contributed by atoms with van der Waals surface area (Å²) >= 11 is 9.28. The largest absolute Gasteiger partial charge is 0.377 e. The molecule has 0 fully saturated rings. The molecule has 3 N–H and O–H groups in total. The van der Waals surface area contributed by atoms with E-state index in [-0.39, 0.29) is 12.1 Å². The minimum Gasteiger partial charge on any atom is -0.377 e. The lowest BCUT2D eigenvalue weighted by Crippen LogP contribution is -2.22. The maximum atomic E-state index is 13.8. The van der Waals surface area contributed by atoms with Crippen LogP contribution in [0.4, 0.5) is 14.5 Å². The first kappa shape index (κ1) is 15.2. The van der Waals surface area contributed by atoms with Crippen LogP contribution in [0.15, 0.2) is 40.9 Å². The highest BCUT2D eigenvalue weighted by Crippen LogP contribution is 2.28. The van der Waals surface area contributed by atoms with Crippen molar-refractivity contribution in [2.45, 2.75) is 6.04 Å². The van der Waals surface area contributed by atoms with Crippen molar-refractivity contribution in [3.05, 3.63) is 63.1 Å². The van der Waals surface area contributed by atoms with Crippen molar-refractivity contribution in [1.29, 1.82) is 0 Å². The molecule has 0 amide bonds. The molecular weight excluding hydrogens is 350 g/mol. The molecule has 1 unspecified atom stereocenters. The van der Waals surface area contributed by atoms with Gasteiger partial charge >= 0.3 is 0 Å². The number of benzene rings is 2. The average Bonchev–Trinajstić information content (AvgIpc) is 2.43. The van der Waals surface area contributed by atoms with Crippen LogP contribution in [0.1, 0.15) is 11.6 Å². The number of anilines is 1. The number of rotatable bonds is 4. The fourth-order valence-electron chi connectivity index (χ4n) is 1.84. The lowest BCUT2D eigenvalue weighted by atomic mass is 10.1. The molecule has 0 saturated heterocycles. The van der Waals surface area contributed by atoms with Gasteiger partial charge < -0.3 is 11.1 Å². The van der Waals surface area contributed by atoms with E-state index in [4.69, 9.17) is 17.3 Å². The van der Waals surface area contributed by atoms with E-state index in [0.29, 0.717) is 10.7 Å². The standard InChI is InChI=1S/C14H12BrClF2N2/c15-10-5-4-8(6-11(10)16)20-13(7-19)9-2-1-3-12(17)14(9)18/h1-6,13,20H,7,19H2. The van der Waals surface area contributed by atoms with E-state index in [1.165, 1.54) is 12.1 Å². The van der Waals surface area contributed by atoms with Crippen molar-refractivity contribution < 1.29 is 8.78 Å². The first-order chi connectivity index (χ1) is 9.52. The summed E-state index contributed by atoms with van der Waals surface area (Å²) in [7, 11) is 0. The van der Waals surface area contributed by atoms with Gasteiger partial charge in [0.15, 0.2) is 11.6 Å². The third kappa shape index (κ3) is 3.29. The highest BCUT2D eigenvalue weighted by atomic mass is 79.9. The minimum absolute atomic E-state index is 0.119. The number of nitrogens with one attached hydrogen (secondary N) is 1. The van der Waals surface area contributed by atoms with E-state index in [2.05, 4.69) is 21.2 Å². The molecule has 20 heavy (non-hydrogen) atoms. The van der Waals surface area contributed by atoms with Gasteiger partial charge in [-0.25, -0.2) is 8.78 Å². The highest BCUT2D eigenvalue weighted by Gasteiger charge is 2.17. The van der Waals surface area contributed by atoms with Crippen LogP contribution >= 0.6 is 27.5 Å². The Bertz CT molecular complexity index is 622. The molecule has 0 aromatic heterocycles. The first-order valence-electron chi connectivity index (χ1n) is 5.88. The van der Waals surface area contributed by atoms with Gasteiger partial charge in [-0.1, -0.05) is 23.7 Å². The van der Waals surface area contributed by atoms with E-state index >= 15 is 0 Å². The zero-order valence-electron chi connectivity index (χ0n) is 10.3. The van der Waals surface area contributed by atoms with Crippen molar-refractivity contribution in [1.82, 2.24) is 0 Å². The van der Waals surface area contributed by atoms with E-state index < -0.39 is 17.7 Å². The van der Waals surface area contributed by atoms with Gasteiger partial charge in [-0.05, 0) is 40.2 Å². The molecule has 0 saturated carbocycles. The summed E-state index contributed by atoms with van der Waals surface area (Å²) in [4.78, 5) is 0. The molecule has 106 valence electrons. The van der Waals surface area contributed by atoms with Crippen LogP contribution in [0.2, 0.25) is 5.02 Å². The summed E-state index contributed by atoms with van der Waals surface area (Å²) in [6, 6.07) is 8.71. The van der Waals surface area contributed by atoms with Crippen LogP contribution in [-0.4, -0.2) is 6.54 Å². The Hall–Kier alpha value is -1.17. The molecule has 0 aliphatic carbocycles. The number of hydrogen-bond donors (Lipinski definition) is 2. The normalized spacial score (nSPS) is 12.2. The Morgan fingerprint density at radius 1 is 1.25 bits per heavy atom. The zero-order valence-corrected chi connectivity index (χ0v) is 12.7. The molecule has 6 heteroatoms. The van der Waals surface area contributed by atoms with Crippen LogP contribution in [0.3, 0.4) is 0 Å². The average molecular weight is 362 g/mol. The molecule has 2 rings (SSSR count). The lowest BCUT2D eigenvalue weighted by Gasteiger charge is -2.19. The zero-order chi connectivity index (χ0) is 14.7. The summed E-state index contributed by atoms with van der Waals surface area (Å²) in [5, 5.41) is 3.56. The second-order valence-corrected chi connectivity index (χ2v) is 5.47. The predicted molar refractivity (Wildman–Crippen MR) is 80.9 cm³/mol. The van der Waals surface area contributed by atoms with Crippen molar-refractivity contribution >= 4 is 33.2 Å². The van der Waals surface area contributed by atoms with Gasteiger partial charge in [0.1, 0.15) is 0 Å². The van der Waals surface area contributed by atoms with Crippen molar-refractivity contribution in [2.24, 2.45) is 5.73 Å². The predicted octanol–water partition coefficient (Wildman–Crippen LogP) is 4.49. The van der Waals surface area contributed by atoms with Gasteiger partial charge in [0.2, 0.25) is 0 Å². The summed E-state index contributed by atoms with van der Waals surface area (Å²) in [6.45, 7) is 0.119. The van der Waals surface area contributed by atoms with Gasteiger partial charge in [-0.3, -0.25) is 0 Å². The summed E-state index contributed by atoms with van der Waals surface area (Å²) < 4.78 is 27.8. The molecule has 0 bridgehead atoms. The SMILES string of the molecule is NCC(Nc1ccc(Br)c(Cl)c1)c1cccc(F)c1F. The van der Waals surface area contributed by atoms with Gasteiger partial charge in [-0.2, -0.15) is 0 Å². The maximum Gasteiger partial charge on any atom is 0.164 e. The fourth-order valence-corrected chi connectivity index (χ4v) is 2.27. The monoisotopic (exact) mass is 360 g/mol. The first-order valence-corrected chi connectivity index (χ1v) is 7.05. The van der Waals surface area contributed by atoms with Gasteiger partial charge in [0.05, 0.1) is 11.1 Å². The molecule has 0 heterocycles. The lowest BCUT2D eigenvalue weighted by molar-refractivity contribution is 0.492. The highest BCUT2D eigenvalue weighted by molar-refractivity contribution is 9.10. The van der Waals surface area contributed by atoms with Gasteiger partial charge in [0, 0.05) is 22.3 Å². The molecular formula is C14H12BrClF2N2. The quantitative estimate of drug-likeness (QED) is 0.842. The Kier molecular flexibility index (Phi) is 4.96. The molecule has 0 aliphatic rings. The summed E-state index contributed by atoms with van der Waals surface area (Å²) in [5.74, 6) is -1.78. The smallest absolute Gasteiger partial charge is 0.164 e. The molecule has 1 atom stereocenters. The van der Waals surface area contributed by atoms with E-state index in [9.17, 15) is 8.78 Å². The Labute approximate surface area is 129 Å². The van der Waals surface area contributed by atoms with Gasteiger partial charge in [-0.15, -0.1) is 0 Å². The van der Waals surface area contributed by atoms with Crippen molar-refractivity contribution in [3.8, 4) is 0 Å². The summed E-state index contributed by atoms with van der Waals surface area (Å²) in [6.07, 6.45) is 0. The summed E-state index contributed by atoms with van der Waals surface area (Å²) in [5.41, 5.74) is 6.51. The van der Waals surface area contributed by atoms with Gasteiger partial charge in [0.25, 0.3) is 0 Å². The number of halogens is 4. The van der Waals surface area contributed by atoms with Crippen molar-refractivity contribution in [2.75, 3.05) is 11.9 Å². The molecule has 0 radical (unpaired) electrons. The minimum atomic E-state index is -0.892. The third-order valence-corrected chi connectivity index (χ3v) is 4.09. The fraction of sp³-hybridized carbons (Fsp3) is 0.143. The maximum absolute atomic E-state index is 13.8. The van der Waals surface area contributed by atoms with E-state index in [1.807, 2.05) is 0 Å². The molecule has 0 spiro atoms. The van der Waals surface area contributed by atoms with Crippen LogP contribution < -0.4 is 11.1 Å². The Morgan fingerprint density at radius 3 is 2.65 bits per heavy atom. The van der Waals surface area contributed by atoms with Crippen LogP contribution in [0.25, 0.3) is 0 Å². The van der Waals surface area contributed by atoms with E-state index in [1.54, 1.807) is 18.2 Å². The van der Waals surface area contributed by atoms with Crippen LogP contribution in [0.5, 0.6) is 0 Å². The van der Waals surface area contributed by atoms with E-state index in [0.717, 1.165) is 10.5 Å². The Balaban J connectivity index is 2.28. The van der Waals surface area contributed by atoms with Crippen LogP contribution in [0, 0.1) is 11.6 Å².